The van der Waals surface area contributed by atoms with Crippen molar-refractivity contribution in [3.63, 3.8) is 0 Å². The molecule has 0 aliphatic carbocycles. The van der Waals surface area contributed by atoms with Crippen molar-refractivity contribution in [3.8, 4) is 12.3 Å². The van der Waals surface area contributed by atoms with Crippen molar-refractivity contribution in [3.05, 3.63) is 29.8 Å². The van der Waals surface area contributed by atoms with Gasteiger partial charge in [0.1, 0.15) is 0 Å². The summed E-state index contributed by atoms with van der Waals surface area (Å²) in [6.45, 7) is 3.54. The van der Waals surface area contributed by atoms with Gasteiger partial charge in [0.05, 0.1) is 11.1 Å². The fourth-order valence-electron chi connectivity index (χ4n) is 1.05. The number of carbonyl (C=O) groups is 1. The van der Waals surface area contributed by atoms with Crippen LogP contribution in [0.25, 0.3) is 0 Å². The molecule has 1 N–H and O–H groups in total. The number of carbonyl (C=O) groups excluding carboxylic acids is 1. The van der Waals surface area contributed by atoms with Crippen molar-refractivity contribution in [2.75, 3.05) is 0 Å². The Bertz CT molecular complexity index is 418. The SMILES string of the molecule is C#CC(C)(C)NC(=O)c1ccccc1S. The van der Waals surface area contributed by atoms with Crippen LogP contribution >= 0.6 is 12.6 Å². The predicted molar refractivity (Wildman–Crippen MR) is 64.1 cm³/mol. The maximum absolute atomic E-state index is 11.8. The molecule has 1 aromatic carbocycles. The number of hydrogen-bond donors (Lipinski definition) is 2. The highest BCUT2D eigenvalue weighted by molar-refractivity contribution is 7.80. The van der Waals surface area contributed by atoms with Crippen LogP contribution in [0.15, 0.2) is 29.2 Å². The summed E-state index contributed by atoms with van der Waals surface area (Å²) in [4.78, 5) is 12.4. The van der Waals surface area contributed by atoms with Gasteiger partial charge >= 0.3 is 0 Å². The number of hydrogen-bond acceptors (Lipinski definition) is 2. The number of thiol groups is 1. The van der Waals surface area contributed by atoms with Crippen molar-refractivity contribution < 1.29 is 4.79 Å². The molecule has 0 saturated heterocycles. The van der Waals surface area contributed by atoms with Crippen molar-refractivity contribution in [2.45, 2.75) is 24.3 Å². The summed E-state index contributed by atoms with van der Waals surface area (Å²) in [5.41, 5.74) is -0.114. The molecule has 1 rings (SSSR count). The largest absolute Gasteiger partial charge is 0.336 e. The summed E-state index contributed by atoms with van der Waals surface area (Å²) < 4.78 is 0. The van der Waals surface area contributed by atoms with E-state index in [1.807, 2.05) is 6.07 Å². The summed E-state index contributed by atoms with van der Waals surface area (Å²) >= 11 is 4.20. The van der Waals surface area contributed by atoms with E-state index in [1.165, 1.54) is 0 Å². The Kier molecular flexibility index (Phi) is 3.43. The Balaban J connectivity index is 2.89. The second-order valence-corrected chi connectivity index (χ2v) is 4.22. The number of nitrogens with one attached hydrogen (secondary N) is 1. The van der Waals surface area contributed by atoms with Crippen molar-refractivity contribution in [1.29, 1.82) is 0 Å². The molecule has 1 aromatic rings. The van der Waals surface area contributed by atoms with Crippen LogP contribution in [0.5, 0.6) is 0 Å². The molecule has 0 aliphatic rings. The van der Waals surface area contributed by atoms with Gasteiger partial charge in [-0.05, 0) is 26.0 Å². The normalized spacial score (nSPS) is 10.5. The second-order valence-electron chi connectivity index (χ2n) is 3.74. The van der Waals surface area contributed by atoms with Gasteiger partial charge in [-0.2, -0.15) is 0 Å². The van der Waals surface area contributed by atoms with E-state index in [9.17, 15) is 4.79 Å². The van der Waals surface area contributed by atoms with E-state index < -0.39 is 5.54 Å². The fraction of sp³-hybridized carbons (Fsp3) is 0.250. The van der Waals surface area contributed by atoms with E-state index in [-0.39, 0.29) is 5.91 Å². The Morgan fingerprint density at radius 3 is 2.60 bits per heavy atom. The lowest BCUT2D eigenvalue weighted by molar-refractivity contribution is 0.0927. The Labute approximate surface area is 95.5 Å². The third-order valence-electron chi connectivity index (χ3n) is 1.94. The molecule has 0 radical (unpaired) electrons. The van der Waals surface area contributed by atoms with Gasteiger partial charge in [-0.1, -0.05) is 18.1 Å². The first kappa shape index (κ1) is 11.7. The number of amides is 1. The summed E-state index contributed by atoms with van der Waals surface area (Å²) in [6.07, 6.45) is 5.29. The maximum Gasteiger partial charge on any atom is 0.253 e. The Morgan fingerprint density at radius 2 is 2.07 bits per heavy atom. The number of benzene rings is 1. The van der Waals surface area contributed by atoms with Gasteiger partial charge in [0.25, 0.3) is 5.91 Å². The van der Waals surface area contributed by atoms with Crippen LogP contribution in [0.1, 0.15) is 24.2 Å². The summed E-state index contributed by atoms with van der Waals surface area (Å²) in [5, 5.41) is 2.74. The molecule has 15 heavy (non-hydrogen) atoms. The predicted octanol–water partition coefficient (Wildman–Crippen LogP) is 2.12. The molecule has 3 heteroatoms. The quantitative estimate of drug-likeness (QED) is 0.579. The molecule has 0 saturated carbocycles. The monoisotopic (exact) mass is 219 g/mol. The summed E-state index contributed by atoms with van der Waals surface area (Å²) in [5.74, 6) is 2.30. The van der Waals surface area contributed by atoms with Gasteiger partial charge in [-0.3, -0.25) is 4.79 Å². The molecule has 78 valence electrons. The second kappa shape index (κ2) is 4.41. The zero-order valence-electron chi connectivity index (χ0n) is 8.74. The van der Waals surface area contributed by atoms with Crippen LogP contribution in [0, 0.1) is 12.3 Å². The minimum atomic E-state index is -0.646. The topological polar surface area (TPSA) is 29.1 Å². The Hall–Kier alpha value is -1.40. The molecule has 0 aromatic heterocycles. The van der Waals surface area contributed by atoms with Crippen molar-refractivity contribution >= 4 is 18.5 Å². The highest BCUT2D eigenvalue weighted by Gasteiger charge is 2.18. The summed E-state index contributed by atoms with van der Waals surface area (Å²) in [6, 6.07) is 7.09. The lowest BCUT2D eigenvalue weighted by atomic mass is 10.1. The minimum Gasteiger partial charge on any atom is -0.336 e. The number of terminal acetylenes is 1. The first-order valence-corrected chi connectivity index (χ1v) is 4.99. The lowest BCUT2D eigenvalue weighted by Gasteiger charge is -2.19. The van der Waals surface area contributed by atoms with Crippen molar-refractivity contribution in [2.24, 2.45) is 0 Å². The van der Waals surface area contributed by atoms with E-state index in [0.717, 1.165) is 0 Å². The van der Waals surface area contributed by atoms with Gasteiger partial charge in [-0.15, -0.1) is 19.1 Å². The first-order valence-electron chi connectivity index (χ1n) is 4.54. The van der Waals surface area contributed by atoms with Crippen LogP contribution in [0.3, 0.4) is 0 Å². The van der Waals surface area contributed by atoms with Gasteiger partial charge in [0.15, 0.2) is 0 Å². The summed E-state index contributed by atoms with van der Waals surface area (Å²) in [7, 11) is 0. The van der Waals surface area contributed by atoms with Gasteiger partial charge < -0.3 is 5.32 Å². The minimum absolute atomic E-state index is 0.205. The third-order valence-corrected chi connectivity index (χ3v) is 2.33. The van der Waals surface area contributed by atoms with Crippen LogP contribution in [-0.2, 0) is 0 Å². The zero-order valence-corrected chi connectivity index (χ0v) is 9.64. The molecule has 0 spiro atoms. The lowest BCUT2D eigenvalue weighted by Crippen LogP contribution is -2.42. The highest BCUT2D eigenvalue weighted by Crippen LogP contribution is 2.13. The third kappa shape index (κ3) is 3.03. The van der Waals surface area contributed by atoms with E-state index in [4.69, 9.17) is 6.42 Å². The first-order chi connectivity index (χ1) is 6.96. The zero-order chi connectivity index (χ0) is 11.5. The molecule has 1 amide bonds. The smallest absolute Gasteiger partial charge is 0.253 e. The molecule has 0 fully saturated rings. The Morgan fingerprint density at radius 1 is 1.47 bits per heavy atom. The van der Waals surface area contributed by atoms with E-state index in [1.54, 1.807) is 32.0 Å². The molecule has 0 unspecified atom stereocenters. The van der Waals surface area contributed by atoms with Gasteiger partial charge in [0, 0.05) is 4.90 Å². The molecule has 0 heterocycles. The van der Waals surface area contributed by atoms with Gasteiger partial charge in [0.2, 0.25) is 0 Å². The average molecular weight is 219 g/mol. The molecule has 0 aliphatic heterocycles. The van der Waals surface area contributed by atoms with Gasteiger partial charge in [-0.25, -0.2) is 0 Å². The highest BCUT2D eigenvalue weighted by atomic mass is 32.1. The van der Waals surface area contributed by atoms with Crippen LogP contribution in [0.4, 0.5) is 0 Å². The maximum atomic E-state index is 11.8. The fourth-order valence-corrected chi connectivity index (χ4v) is 1.32. The molecule has 2 nitrogen and oxygen atoms in total. The van der Waals surface area contributed by atoms with E-state index in [0.29, 0.717) is 10.5 Å². The molecular formula is C12H13NOS. The molecule has 0 bridgehead atoms. The van der Waals surface area contributed by atoms with Crippen LogP contribution < -0.4 is 5.32 Å². The molecular weight excluding hydrogens is 206 g/mol. The van der Waals surface area contributed by atoms with Crippen molar-refractivity contribution in [1.82, 2.24) is 5.32 Å². The van der Waals surface area contributed by atoms with Crippen LogP contribution in [-0.4, -0.2) is 11.4 Å². The molecule has 0 atom stereocenters. The average Bonchev–Trinajstić information content (AvgIpc) is 2.17. The number of rotatable bonds is 2. The standard InChI is InChI=1S/C12H13NOS/c1-4-12(2,3)13-11(14)9-7-5-6-8-10(9)15/h1,5-8,15H,2-3H3,(H,13,14). The van der Waals surface area contributed by atoms with E-state index in [2.05, 4.69) is 23.9 Å². The van der Waals surface area contributed by atoms with Crippen LogP contribution in [0.2, 0.25) is 0 Å². The van der Waals surface area contributed by atoms with E-state index >= 15 is 0 Å².